The van der Waals surface area contributed by atoms with Crippen LogP contribution in [-0.2, 0) is 6.61 Å². The number of thiocarbonyl (C=S) groups is 1. The fraction of sp³-hybridized carbons (Fsp3) is 0.278. The molecule has 0 saturated carbocycles. The summed E-state index contributed by atoms with van der Waals surface area (Å²) in [6.07, 6.45) is 3.22. The fourth-order valence-electron chi connectivity index (χ4n) is 1.97. The third-order valence-corrected chi connectivity index (χ3v) is 4.11. The highest BCUT2D eigenvalue weighted by Gasteiger charge is 1.99. The predicted octanol–water partition coefficient (Wildman–Crippen LogP) is 4.31. The van der Waals surface area contributed by atoms with Crippen molar-refractivity contribution < 1.29 is 4.74 Å². The molecular formula is C18H22N2OS2. The third kappa shape index (κ3) is 6.93. The second-order valence-corrected chi connectivity index (χ2v) is 6.42. The zero-order valence-electron chi connectivity index (χ0n) is 13.2. The van der Waals surface area contributed by atoms with Crippen molar-refractivity contribution in [2.45, 2.75) is 13.0 Å². The lowest BCUT2D eigenvalue weighted by atomic mass is 10.2. The van der Waals surface area contributed by atoms with Crippen LogP contribution in [-0.4, -0.2) is 23.7 Å². The number of hydrogen-bond donors (Lipinski definition) is 2. The molecule has 2 aromatic carbocycles. The number of nitrogens with one attached hydrogen (secondary N) is 2. The topological polar surface area (TPSA) is 33.3 Å². The number of thioether (sulfide) groups is 1. The molecule has 0 aromatic heterocycles. The van der Waals surface area contributed by atoms with Crippen LogP contribution in [0.3, 0.4) is 0 Å². The summed E-state index contributed by atoms with van der Waals surface area (Å²) < 4.78 is 5.77. The molecule has 0 aliphatic carbocycles. The monoisotopic (exact) mass is 346 g/mol. The highest BCUT2D eigenvalue weighted by atomic mass is 32.2. The lowest BCUT2D eigenvalue weighted by molar-refractivity contribution is 0.306. The van der Waals surface area contributed by atoms with Gasteiger partial charge in [0.25, 0.3) is 0 Å². The molecule has 5 heteroatoms. The largest absolute Gasteiger partial charge is 0.489 e. The van der Waals surface area contributed by atoms with Crippen molar-refractivity contribution in [2.24, 2.45) is 0 Å². The minimum atomic E-state index is 0.572. The van der Waals surface area contributed by atoms with Crippen molar-refractivity contribution in [1.29, 1.82) is 0 Å². The van der Waals surface area contributed by atoms with Crippen molar-refractivity contribution in [1.82, 2.24) is 5.32 Å². The van der Waals surface area contributed by atoms with Gasteiger partial charge in [-0.05, 0) is 60.5 Å². The molecule has 23 heavy (non-hydrogen) atoms. The maximum absolute atomic E-state index is 5.77. The van der Waals surface area contributed by atoms with Gasteiger partial charge in [0, 0.05) is 12.2 Å². The molecule has 0 heterocycles. The smallest absolute Gasteiger partial charge is 0.170 e. The van der Waals surface area contributed by atoms with Crippen molar-refractivity contribution in [3.63, 3.8) is 0 Å². The van der Waals surface area contributed by atoms with Gasteiger partial charge in [-0.25, -0.2) is 0 Å². The Labute approximate surface area is 147 Å². The highest BCUT2D eigenvalue weighted by molar-refractivity contribution is 7.98. The Bertz CT molecular complexity index is 588. The van der Waals surface area contributed by atoms with Gasteiger partial charge in [0.15, 0.2) is 5.11 Å². The molecule has 0 amide bonds. The van der Waals surface area contributed by atoms with Gasteiger partial charge in [-0.2, -0.15) is 11.8 Å². The van der Waals surface area contributed by atoms with E-state index in [4.69, 9.17) is 17.0 Å². The summed E-state index contributed by atoms with van der Waals surface area (Å²) >= 11 is 7.12. The Morgan fingerprint density at radius 3 is 2.52 bits per heavy atom. The Kier molecular flexibility index (Phi) is 7.77. The summed E-state index contributed by atoms with van der Waals surface area (Å²) in [5.41, 5.74) is 2.12. The highest BCUT2D eigenvalue weighted by Crippen LogP contribution is 2.17. The summed E-state index contributed by atoms with van der Waals surface area (Å²) in [6, 6.07) is 18.0. The summed E-state index contributed by atoms with van der Waals surface area (Å²) in [5.74, 6) is 1.99. The molecule has 0 radical (unpaired) electrons. The quantitative estimate of drug-likeness (QED) is 0.550. The van der Waals surface area contributed by atoms with Crippen LogP contribution in [0.2, 0.25) is 0 Å². The van der Waals surface area contributed by atoms with Crippen molar-refractivity contribution in [3.8, 4) is 5.75 Å². The lowest BCUT2D eigenvalue weighted by Crippen LogP contribution is -2.29. The van der Waals surface area contributed by atoms with E-state index in [1.807, 2.05) is 54.2 Å². The van der Waals surface area contributed by atoms with Crippen molar-refractivity contribution >= 4 is 34.8 Å². The van der Waals surface area contributed by atoms with Gasteiger partial charge in [0.2, 0.25) is 0 Å². The summed E-state index contributed by atoms with van der Waals surface area (Å²) in [6.45, 7) is 1.47. The maximum Gasteiger partial charge on any atom is 0.170 e. The first-order valence-electron chi connectivity index (χ1n) is 7.58. The van der Waals surface area contributed by atoms with Crippen LogP contribution in [0.4, 0.5) is 5.69 Å². The molecular weight excluding hydrogens is 324 g/mol. The molecule has 0 aliphatic rings. The van der Waals surface area contributed by atoms with E-state index >= 15 is 0 Å². The molecule has 2 aromatic rings. The first-order chi connectivity index (χ1) is 11.3. The lowest BCUT2D eigenvalue weighted by Gasteiger charge is -2.11. The van der Waals surface area contributed by atoms with Gasteiger partial charge in [-0.15, -0.1) is 0 Å². The molecule has 0 aliphatic heterocycles. The second kappa shape index (κ2) is 10.1. The first kappa shape index (κ1) is 17.6. The van der Waals surface area contributed by atoms with Gasteiger partial charge < -0.3 is 15.4 Å². The van der Waals surface area contributed by atoms with Gasteiger partial charge in [-0.1, -0.05) is 30.3 Å². The average molecular weight is 347 g/mol. The van der Waals surface area contributed by atoms with Crippen molar-refractivity contribution in [3.05, 3.63) is 60.2 Å². The first-order valence-corrected chi connectivity index (χ1v) is 9.39. The molecule has 2 N–H and O–H groups in total. The molecule has 0 bridgehead atoms. The Morgan fingerprint density at radius 2 is 1.83 bits per heavy atom. The maximum atomic E-state index is 5.77. The molecule has 2 rings (SSSR count). The van der Waals surface area contributed by atoms with Crippen LogP contribution in [0.1, 0.15) is 12.0 Å². The number of hydrogen-bond acceptors (Lipinski definition) is 3. The van der Waals surface area contributed by atoms with E-state index in [1.54, 1.807) is 0 Å². The molecule has 0 saturated heterocycles. The number of rotatable bonds is 8. The molecule has 122 valence electrons. The predicted molar refractivity (Wildman–Crippen MR) is 104 cm³/mol. The summed E-state index contributed by atoms with van der Waals surface area (Å²) in [5, 5.41) is 7.04. The van der Waals surface area contributed by atoms with Gasteiger partial charge in [0.05, 0.1) is 0 Å². The molecule has 0 unspecified atom stereocenters. The fourth-order valence-corrected chi connectivity index (χ4v) is 2.62. The Morgan fingerprint density at radius 1 is 1.09 bits per heavy atom. The van der Waals surface area contributed by atoms with Crippen LogP contribution in [0, 0.1) is 0 Å². The zero-order chi connectivity index (χ0) is 16.3. The van der Waals surface area contributed by atoms with E-state index < -0.39 is 0 Å². The Balaban J connectivity index is 1.74. The number of ether oxygens (including phenoxy) is 1. The van der Waals surface area contributed by atoms with E-state index in [2.05, 4.69) is 29.0 Å². The standard InChI is InChI=1S/C18H22N2OS2/c1-23-13-5-12-19-18(22)20-16-8-10-17(11-9-16)21-14-15-6-3-2-4-7-15/h2-4,6-11H,5,12-14H2,1H3,(H2,19,20,22). The zero-order valence-corrected chi connectivity index (χ0v) is 14.9. The molecule has 0 spiro atoms. The Hall–Kier alpha value is -1.72. The molecule has 0 atom stereocenters. The summed E-state index contributed by atoms with van der Waals surface area (Å²) in [7, 11) is 0. The van der Waals surface area contributed by atoms with E-state index in [0.29, 0.717) is 11.7 Å². The average Bonchev–Trinajstić information content (AvgIpc) is 2.59. The van der Waals surface area contributed by atoms with Gasteiger partial charge >= 0.3 is 0 Å². The van der Waals surface area contributed by atoms with Crippen LogP contribution in [0.5, 0.6) is 5.75 Å². The van der Waals surface area contributed by atoms with E-state index in [9.17, 15) is 0 Å². The van der Waals surface area contributed by atoms with Crippen molar-refractivity contribution in [2.75, 3.05) is 23.9 Å². The number of benzene rings is 2. The van der Waals surface area contributed by atoms with E-state index in [0.717, 1.165) is 35.7 Å². The third-order valence-electron chi connectivity index (χ3n) is 3.17. The van der Waals surface area contributed by atoms with Gasteiger partial charge in [-0.3, -0.25) is 0 Å². The SMILES string of the molecule is CSCCCNC(=S)Nc1ccc(OCc2ccccc2)cc1. The van der Waals surface area contributed by atoms with Crippen LogP contribution >= 0.6 is 24.0 Å². The van der Waals surface area contributed by atoms with Gasteiger partial charge in [0.1, 0.15) is 12.4 Å². The minimum Gasteiger partial charge on any atom is -0.489 e. The molecule has 3 nitrogen and oxygen atoms in total. The second-order valence-electron chi connectivity index (χ2n) is 5.03. The summed E-state index contributed by atoms with van der Waals surface area (Å²) in [4.78, 5) is 0. The molecule has 0 fully saturated rings. The van der Waals surface area contributed by atoms with Crippen LogP contribution < -0.4 is 15.4 Å². The van der Waals surface area contributed by atoms with E-state index in [1.165, 1.54) is 0 Å². The van der Waals surface area contributed by atoms with Crippen LogP contribution in [0.25, 0.3) is 0 Å². The normalized spacial score (nSPS) is 10.1. The minimum absolute atomic E-state index is 0.572. The van der Waals surface area contributed by atoms with E-state index in [-0.39, 0.29) is 0 Å². The number of anilines is 1. The van der Waals surface area contributed by atoms with Crippen LogP contribution in [0.15, 0.2) is 54.6 Å².